The van der Waals surface area contributed by atoms with Crippen LogP contribution in [0, 0.1) is 22.7 Å². The van der Waals surface area contributed by atoms with Crippen molar-refractivity contribution < 1.29 is 43.6 Å². The molecule has 0 radical (unpaired) electrons. The van der Waals surface area contributed by atoms with Crippen LogP contribution < -0.4 is 5.63 Å². The van der Waals surface area contributed by atoms with Gasteiger partial charge in [-0.25, -0.2) is 4.79 Å². The molecule has 0 amide bonds. The number of fused-ring (bicyclic) bond motifs is 5. The van der Waals surface area contributed by atoms with Gasteiger partial charge in [-0.05, 0) is 56.6 Å². The number of esters is 2. The fraction of sp³-hybridized carbons (Fsp3) is 0.724. The number of aliphatic hydroxyl groups excluding tert-OH is 1. The molecule has 4 aliphatic rings. The molecule has 1 heterocycles. The molecule has 4 aliphatic carbocycles. The quantitative estimate of drug-likeness (QED) is 0.477. The lowest BCUT2D eigenvalue weighted by molar-refractivity contribution is -0.279. The second-order valence-corrected chi connectivity index (χ2v) is 12.5. The number of carbonyl (C=O) groups excluding carboxylic acids is 3. The molecule has 0 bridgehead atoms. The van der Waals surface area contributed by atoms with E-state index in [0.29, 0.717) is 24.8 Å². The van der Waals surface area contributed by atoms with Crippen LogP contribution in [0.2, 0.25) is 0 Å². The third-order valence-corrected chi connectivity index (χ3v) is 10.8. The minimum Gasteiger partial charge on any atom is -0.459 e. The average molecular weight is 547 g/mol. The summed E-state index contributed by atoms with van der Waals surface area (Å²) in [6.45, 7) is 6.36. The van der Waals surface area contributed by atoms with E-state index in [1.807, 2.05) is 0 Å². The highest BCUT2D eigenvalue weighted by Gasteiger charge is 2.76. The summed E-state index contributed by atoms with van der Waals surface area (Å²) in [6, 6.07) is 2.88. The fourth-order valence-electron chi connectivity index (χ4n) is 8.80. The Morgan fingerprint density at radius 3 is 2.36 bits per heavy atom. The van der Waals surface area contributed by atoms with E-state index in [4.69, 9.17) is 13.9 Å². The van der Waals surface area contributed by atoms with Crippen molar-refractivity contribution in [2.75, 3.05) is 0 Å². The van der Waals surface area contributed by atoms with Gasteiger partial charge in [-0.3, -0.25) is 14.4 Å². The molecule has 10 nitrogen and oxygen atoms in total. The summed E-state index contributed by atoms with van der Waals surface area (Å²) in [5.74, 6) is -3.40. The lowest BCUT2D eigenvalue weighted by atomic mass is 9.40. The van der Waals surface area contributed by atoms with Crippen molar-refractivity contribution in [3.63, 3.8) is 0 Å². The molecule has 10 atom stereocenters. The summed E-state index contributed by atoms with van der Waals surface area (Å²) in [7, 11) is 0. The van der Waals surface area contributed by atoms with E-state index in [2.05, 4.69) is 0 Å². The van der Waals surface area contributed by atoms with Gasteiger partial charge in [0.1, 0.15) is 18.3 Å². The molecule has 0 unspecified atom stereocenters. The molecule has 5 rings (SSSR count). The first kappa shape index (κ1) is 28.0. The first-order valence-electron chi connectivity index (χ1n) is 13.8. The van der Waals surface area contributed by atoms with Crippen LogP contribution in [0.25, 0.3) is 0 Å². The second kappa shape index (κ2) is 9.24. The van der Waals surface area contributed by atoms with Gasteiger partial charge in [0.05, 0.1) is 22.9 Å². The molecule has 0 spiro atoms. The van der Waals surface area contributed by atoms with Crippen molar-refractivity contribution in [1.82, 2.24) is 0 Å². The highest BCUT2D eigenvalue weighted by atomic mass is 16.6. The molecule has 0 aliphatic heterocycles. The van der Waals surface area contributed by atoms with Crippen LogP contribution in [0.3, 0.4) is 0 Å². The number of ketones is 1. The molecule has 1 aromatic rings. The maximum Gasteiger partial charge on any atom is 0.335 e. The number of rotatable bonds is 4. The number of ether oxygens (including phenoxy) is 2. The van der Waals surface area contributed by atoms with Crippen molar-refractivity contribution in [2.45, 2.75) is 108 Å². The van der Waals surface area contributed by atoms with Gasteiger partial charge < -0.3 is 29.2 Å². The summed E-state index contributed by atoms with van der Waals surface area (Å²) in [4.78, 5) is 49.8. The number of Topliss-reactive ketones (excluding diaryl/α,β-unsaturated/α-hetero) is 1. The summed E-state index contributed by atoms with van der Waals surface area (Å²) in [6.07, 6.45) is -0.428. The Labute approximate surface area is 226 Å². The summed E-state index contributed by atoms with van der Waals surface area (Å²) in [5.41, 5.74) is -5.30. The molecule has 214 valence electrons. The monoisotopic (exact) mass is 546 g/mol. The number of hydrogen-bond donors (Lipinski definition) is 3. The number of aliphatic hydroxyl groups is 3. The van der Waals surface area contributed by atoms with E-state index in [0.717, 1.165) is 0 Å². The summed E-state index contributed by atoms with van der Waals surface area (Å²) >= 11 is 0. The molecular weight excluding hydrogens is 508 g/mol. The average Bonchev–Trinajstić information content (AvgIpc) is 3.15. The molecule has 3 N–H and O–H groups in total. The first-order valence-corrected chi connectivity index (χ1v) is 13.8. The van der Waals surface area contributed by atoms with Crippen molar-refractivity contribution >= 4 is 17.7 Å². The van der Waals surface area contributed by atoms with Gasteiger partial charge in [0.15, 0.2) is 5.78 Å². The van der Waals surface area contributed by atoms with E-state index in [1.165, 1.54) is 19.3 Å². The lowest BCUT2D eigenvalue weighted by Crippen LogP contribution is -2.74. The first-order chi connectivity index (χ1) is 18.2. The van der Waals surface area contributed by atoms with Crippen molar-refractivity contribution in [3.05, 3.63) is 34.4 Å². The van der Waals surface area contributed by atoms with Gasteiger partial charge in [0, 0.05) is 43.1 Å². The van der Waals surface area contributed by atoms with Crippen molar-refractivity contribution in [3.8, 4) is 0 Å². The minimum absolute atomic E-state index is 0.0152. The van der Waals surface area contributed by atoms with Gasteiger partial charge in [-0.15, -0.1) is 0 Å². The molecule has 0 saturated heterocycles. The molecule has 4 fully saturated rings. The molecule has 0 aromatic carbocycles. The van der Waals surface area contributed by atoms with E-state index < -0.39 is 81.4 Å². The van der Waals surface area contributed by atoms with Crippen molar-refractivity contribution in [2.24, 2.45) is 22.7 Å². The van der Waals surface area contributed by atoms with E-state index >= 15 is 0 Å². The smallest absolute Gasteiger partial charge is 0.335 e. The Morgan fingerprint density at radius 1 is 1.05 bits per heavy atom. The molecule has 1 aromatic heterocycles. The second-order valence-electron chi connectivity index (χ2n) is 12.5. The third-order valence-electron chi connectivity index (χ3n) is 10.8. The van der Waals surface area contributed by atoms with Gasteiger partial charge >= 0.3 is 17.6 Å². The maximum absolute atomic E-state index is 14.1. The molecular formula is C29H38O10. The van der Waals surface area contributed by atoms with Crippen LogP contribution >= 0.6 is 0 Å². The van der Waals surface area contributed by atoms with Gasteiger partial charge in [0.25, 0.3) is 0 Å². The zero-order valence-electron chi connectivity index (χ0n) is 22.8. The summed E-state index contributed by atoms with van der Waals surface area (Å²) in [5, 5.41) is 36.2. The lowest BCUT2D eigenvalue weighted by Gasteiger charge is -2.66. The van der Waals surface area contributed by atoms with Crippen molar-refractivity contribution in [1.29, 1.82) is 0 Å². The van der Waals surface area contributed by atoms with Crippen LogP contribution in [0.1, 0.15) is 84.1 Å². The Kier molecular flexibility index (Phi) is 6.63. The van der Waals surface area contributed by atoms with E-state index in [9.17, 15) is 34.5 Å². The van der Waals surface area contributed by atoms with E-state index in [-0.39, 0.29) is 25.7 Å². The predicted molar refractivity (Wildman–Crippen MR) is 135 cm³/mol. The minimum atomic E-state index is -1.50. The number of hydrogen-bond acceptors (Lipinski definition) is 10. The maximum atomic E-state index is 14.1. The molecule has 10 heteroatoms. The SMILES string of the molecule is CCC(=O)O[C@@H]1C[C@@]2(O)CC[C@@H]3[C@H]([C@H](O)C(=O)[C@]4(C)[C@@H](c5ccc(=O)oc5)CC[C@]34O)[C@@]2(C)C[C@@H]1OC(C)=O. The Hall–Kier alpha value is -2.56. The van der Waals surface area contributed by atoms with Gasteiger partial charge in [-0.2, -0.15) is 0 Å². The zero-order chi connectivity index (χ0) is 28.5. The molecule has 4 saturated carbocycles. The van der Waals surface area contributed by atoms with Gasteiger partial charge in [-0.1, -0.05) is 13.8 Å². The number of carbonyl (C=O) groups is 3. The van der Waals surface area contributed by atoms with Crippen LogP contribution in [0.15, 0.2) is 27.6 Å². The Bertz CT molecular complexity index is 1220. The highest BCUT2D eigenvalue weighted by molar-refractivity contribution is 5.93. The predicted octanol–water partition coefficient (Wildman–Crippen LogP) is 2.01. The summed E-state index contributed by atoms with van der Waals surface area (Å²) < 4.78 is 16.2. The topological polar surface area (TPSA) is 161 Å². The highest BCUT2D eigenvalue weighted by Crippen LogP contribution is 2.70. The zero-order valence-corrected chi connectivity index (χ0v) is 22.8. The standard InChI is InChI=1S/C29H38O10/c1-5-21(31)39-20-13-28(35)10-8-18-23(26(28,3)12-19(20)38-15(2)30)24(33)25(34)27(4)17(9-11-29(18,27)36)16-6-7-22(32)37-14-16/h6-7,14,17-20,23-24,33,35-36H,5,8-13H2,1-4H3/t17-,18-,19+,20-,23-,24+,26-,27+,28+,29+/m1/s1. The van der Waals surface area contributed by atoms with Crippen LogP contribution in [-0.2, 0) is 23.9 Å². The Morgan fingerprint density at radius 2 is 1.74 bits per heavy atom. The Balaban J connectivity index is 1.55. The third kappa shape index (κ3) is 3.85. The fourth-order valence-corrected chi connectivity index (χ4v) is 8.80. The largest absolute Gasteiger partial charge is 0.459 e. The van der Waals surface area contributed by atoms with Crippen LogP contribution in [0.4, 0.5) is 0 Å². The van der Waals surface area contributed by atoms with Crippen LogP contribution in [0.5, 0.6) is 0 Å². The van der Waals surface area contributed by atoms with Crippen LogP contribution in [-0.4, -0.2) is 62.6 Å². The van der Waals surface area contributed by atoms with E-state index in [1.54, 1.807) is 26.8 Å². The molecule has 39 heavy (non-hydrogen) atoms. The normalized spacial score (nSPS) is 45.1. The van der Waals surface area contributed by atoms with Gasteiger partial charge in [0.2, 0.25) is 0 Å².